The molecule has 23 heavy (non-hydrogen) atoms. The molecule has 0 bridgehead atoms. The Kier molecular flexibility index (Phi) is 4.39. The fourth-order valence-corrected chi connectivity index (χ4v) is 4.17. The van der Waals surface area contributed by atoms with Crippen LogP contribution < -0.4 is 5.32 Å². The first-order valence-corrected chi connectivity index (χ1v) is 8.87. The second kappa shape index (κ2) is 6.32. The lowest BCUT2D eigenvalue weighted by molar-refractivity contribution is 0.0937. The predicted octanol–water partition coefficient (Wildman–Crippen LogP) is 3.84. The lowest BCUT2D eigenvalue weighted by atomic mass is 9.90. The van der Waals surface area contributed by atoms with Crippen LogP contribution in [-0.4, -0.2) is 16.0 Å². The van der Waals surface area contributed by atoms with Crippen molar-refractivity contribution in [2.75, 3.05) is 0 Å². The lowest BCUT2D eigenvalue weighted by Gasteiger charge is -2.19. The molecule has 1 heterocycles. The van der Waals surface area contributed by atoms with Crippen molar-refractivity contribution < 1.29 is 9.90 Å². The molecule has 4 nitrogen and oxygen atoms in total. The monoisotopic (exact) mass is 330 g/mol. The Labute approximate surface area is 140 Å². The Bertz CT molecular complexity index is 752. The summed E-state index contributed by atoms with van der Waals surface area (Å²) in [5.74, 6) is -0.151. The minimum absolute atomic E-state index is 0.0764. The van der Waals surface area contributed by atoms with Crippen molar-refractivity contribution in [2.45, 2.75) is 52.5 Å². The average Bonchev–Trinajstić information content (AvgIpc) is 2.85. The van der Waals surface area contributed by atoms with Gasteiger partial charge in [-0.2, -0.15) is 0 Å². The topological polar surface area (TPSA) is 62.2 Å². The molecular formula is C18H22N2O2S. The number of nitrogens with zero attached hydrogens (tertiary/aromatic N) is 1. The quantitative estimate of drug-likeness (QED) is 0.899. The van der Waals surface area contributed by atoms with E-state index in [4.69, 9.17) is 0 Å². The van der Waals surface area contributed by atoms with Crippen molar-refractivity contribution in [1.29, 1.82) is 0 Å². The fraction of sp³-hybridized carbons (Fsp3) is 0.444. The number of hydrogen-bond donors (Lipinski definition) is 2. The van der Waals surface area contributed by atoms with E-state index in [0.717, 1.165) is 41.3 Å². The smallest absolute Gasteiger partial charge is 0.255 e. The van der Waals surface area contributed by atoms with E-state index in [9.17, 15) is 9.90 Å². The van der Waals surface area contributed by atoms with E-state index in [1.807, 2.05) is 26.8 Å². The number of phenols is 1. The highest BCUT2D eigenvalue weighted by Gasteiger charge is 2.20. The summed E-state index contributed by atoms with van der Waals surface area (Å²) in [6.07, 6.45) is 4.27. The summed E-state index contributed by atoms with van der Waals surface area (Å²) < 4.78 is 0. The van der Waals surface area contributed by atoms with Gasteiger partial charge in [-0.1, -0.05) is 0 Å². The van der Waals surface area contributed by atoms with E-state index >= 15 is 0 Å². The molecule has 0 saturated heterocycles. The van der Waals surface area contributed by atoms with Gasteiger partial charge >= 0.3 is 0 Å². The van der Waals surface area contributed by atoms with Crippen molar-refractivity contribution in [1.82, 2.24) is 10.3 Å². The Balaban J connectivity index is 1.82. The zero-order chi connectivity index (χ0) is 16.6. The van der Waals surface area contributed by atoms with Gasteiger partial charge in [0.25, 0.3) is 5.91 Å². The third-order valence-electron chi connectivity index (χ3n) is 4.39. The number of rotatable bonds is 3. The summed E-state index contributed by atoms with van der Waals surface area (Å²) in [7, 11) is 0. The number of amides is 1. The van der Waals surface area contributed by atoms with Crippen LogP contribution in [0.4, 0.5) is 0 Å². The molecule has 0 saturated carbocycles. The van der Waals surface area contributed by atoms with Gasteiger partial charge in [-0.3, -0.25) is 4.79 Å². The molecule has 122 valence electrons. The van der Waals surface area contributed by atoms with E-state index in [0.29, 0.717) is 5.56 Å². The summed E-state index contributed by atoms with van der Waals surface area (Å²) in [4.78, 5) is 18.0. The van der Waals surface area contributed by atoms with Crippen molar-refractivity contribution in [3.8, 4) is 5.75 Å². The van der Waals surface area contributed by atoms with Crippen LogP contribution >= 0.6 is 11.3 Å². The second-order valence-electron chi connectivity index (χ2n) is 6.22. The first kappa shape index (κ1) is 16.0. The van der Waals surface area contributed by atoms with E-state index in [1.165, 1.54) is 11.1 Å². The zero-order valence-corrected chi connectivity index (χ0v) is 14.6. The maximum Gasteiger partial charge on any atom is 0.255 e. The SMILES string of the molecule is Cc1nc(C)c(C(C)NC(=O)c2cc3c(cc2O)CCCC3)s1. The van der Waals surface area contributed by atoms with Gasteiger partial charge in [-0.15, -0.1) is 11.3 Å². The largest absolute Gasteiger partial charge is 0.507 e. The van der Waals surface area contributed by atoms with Crippen molar-refractivity contribution >= 4 is 17.2 Å². The third kappa shape index (κ3) is 3.24. The third-order valence-corrected chi connectivity index (χ3v) is 5.64. The van der Waals surface area contributed by atoms with Crippen LogP contribution in [0.2, 0.25) is 0 Å². The molecule has 5 heteroatoms. The molecule has 1 aromatic carbocycles. The highest BCUT2D eigenvalue weighted by Crippen LogP contribution is 2.30. The minimum Gasteiger partial charge on any atom is -0.507 e. The number of aromatic nitrogens is 1. The van der Waals surface area contributed by atoms with E-state index in [-0.39, 0.29) is 17.7 Å². The van der Waals surface area contributed by atoms with Crippen LogP contribution in [-0.2, 0) is 12.8 Å². The summed E-state index contributed by atoms with van der Waals surface area (Å²) >= 11 is 1.60. The van der Waals surface area contributed by atoms with E-state index < -0.39 is 0 Å². The summed E-state index contributed by atoms with van der Waals surface area (Å²) in [6.45, 7) is 5.87. The zero-order valence-electron chi connectivity index (χ0n) is 13.8. The van der Waals surface area contributed by atoms with Crippen LogP contribution in [0.5, 0.6) is 5.75 Å². The average molecular weight is 330 g/mol. The number of carbonyl (C=O) groups is 1. The van der Waals surface area contributed by atoms with Crippen LogP contribution in [0.3, 0.4) is 0 Å². The molecule has 1 amide bonds. The summed E-state index contributed by atoms with van der Waals surface area (Å²) in [5.41, 5.74) is 3.69. The molecule has 1 unspecified atom stereocenters. The van der Waals surface area contributed by atoms with Gasteiger partial charge in [0.05, 0.1) is 22.3 Å². The van der Waals surface area contributed by atoms with Gasteiger partial charge < -0.3 is 10.4 Å². The van der Waals surface area contributed by atoms with Gasteiger partial charge in [0.15, 0.2) is 0 Å². The molecule has 0 radical (unpaired) electrons. The first-order valence-electron chi connectivity index (χ1n) is 8.05. The molecule has 1 aromatic heterocycles. The molecule has 2 N–H and O–H groups in total. The maximum atomic E-state index is 12.6. The Hall–Kier alpha value is -1.88. The van der Waals surface area contributed by atoms with Crippen LogP contribution in [0, 0.1) is 13.8 Å². The van der Waals surface area contributed by atoms with Gasteiger partial charge in [-0.25, -0.2) is 4.98 Å². The standard InChI is InChI=1S/C18H22N2O2S/c1-10-17(23-12(3)19-10)11(2)20-18(22)15-8-13-6-4-5-7-14(13)9-16(15)21/h8-9,11,21H,4-7H2,1-3H3,(H,20,22). The number of phenolic OH excluding ortho intramolecular Hbond substituents is 1. The summed E-state index contributed by atoms with van der Waals surface area (Å²) in [6, 6.07) is 3.50. The molecule has 1 atom stereocenters. The van der Waals surface area contributed by atoms with Crippen LogP contribution in [0.15, 0.2) is 12.1 Å². The molecular weight excluding hydrogens is 308 g/mol. The Morgan fingerprint density at radius 3 is 2.52 bits per heavy atom. The highest BCUT2D eigenvalue weighted by molar-refractivity contribution is 7.11. The molecule has 0 aliphatic heterocycles. The molecule has 0 spiro atoms. The number of aromatic hydroxyl groups is 1. The van der Waals surface area contributed by atoms with Gasteiger partial charge in [-0.05, 0) is 69.7 Å². The van der Waals surface area contributed by atoms with Gasteiger partial charge in [0, 0.05) is 4.88 Å². The number of aryl methyl sites for hydroxylation is 4. The molecule has 1 aliphatic carbocycles. The number of thiazole rings is 1. The predicted molar refractivity (Wildman–Crippen MR) is 92.2 cm³/mol. The highest BCUT2D eigenvalue weighted by atomic mass is 32.1. The van der Waals surface area contributed by atoms with Crippen molar-refractivity contribution in [3.63, 3.8) is 0 Å². The Morgan fingerprint density at radius 1 is 1.26 bits per heavy atom. The second-order valence-corrected chi connectivity index (χ2v) is 7.46. The van der Waals surface area contributed by atoms with E-state index in [2.05, 4.69) is 10.3 Å². The summed E-state index contributed by atoms with van der Waals surface area (Å²) in [5, 5.41) is 14.2. The van der Waals surface area contributed by atoms with Gasteiger partial charge in [0.1, 0.15) is 5.75 Å². The number of hydrogen-bond acceptors (Lipinski definition) is 4. The number of carbonyl (C=O) groups excluding carboxylic acids is 1. The Morgan fingerprint density at radius 2 is 1.91 bits per heavy atom. The van der Waals surface area contributed by atoms with Crippen LogP contribution in [0.25, 0.3) is 0 Å². The maximum absolute atomic E-state index is 12.6. The van der Waals surface area contributed by atoms with E-state index in [1.54, 1.807) is 17.4 Å². The lowest BCUT2D eigenvalue weighted by Crippen LogP contribution is -2.27. The molecule has 3 rings (SSSR count). The number of nitrogens with one attached hydrogen (secondary N) is 1. The fourth-order valence-electron chi connectivity index (χ4n) is 3.24. The first-order chi connectivity index (χ1) is 11.0. The number of fused-ring (bicyclic) bond motifs is 1. The minimum atomic E-state index is -0.228. The molecule has 0 fully saturated rings. The normalized spacial score (nSPS) is 15.1. The van der Waals surface area contributed by atoms with Crippen molar-refractivity contribution in [2.24, 2.45) is 0 Å². The van der Waals surface area contributed by atoms with Gasteiger partial charge in [0.2, 0.25) is 0 Å². The molecule has 2 aromatic rings. The number of benzene rings is 1. The van der Waals surface area contributed by atoms with Crippen molar-refractivity contribution in [3.05, 3.63) is 44.4 Å². The molecule has 1 aliphatic rings. The van der Waals surface area contributed by atoms with Crippen LogP contribution in [0.1, 0.15) is 62.9 Å².